The van der Waals surface area contributed by atoms with Crippen LogP contribution in [0.2, 0.25) is 0 Å². The van der Waals surface area contributed by atoms with Crippen molar-refractivity contribution < 1.29 is 0 Å². The first-order chi connectivity index (χ1) is 9.19. The zero-order chi connectivity index (χ0) is 13.7. The number of hydrogen-bond acceptors (Lipinski definition) is 2. The highest BCUT2D eigenvalue weighted by molar-refractivity contribution is 5.49. The smallest absolute Gasteiger partial charge is 0.0404 e. The van der Waals surface area contributed by atoms with Crippen molar-refractivity contribution >= 4 is 6.08 Å². The molecule has 0 spiro atoms. The lowest BCUT2D eigenvalue weighted by Crippen LogP contribution is -2.47. The predicted octanol–water partition coefficient (Wildman–Crippen LogP) is 3.01. The molecule has 1 aromatic carbocycles. The van der Waals surface area contributed by atoms with E-state index in [2.05, 4.69) is 55.2 Å². The van der Waals surface area contributed by atoms with Gasteiger partial charge in [0, 0.05) is 25.7 Å². The molecule has 1 heterocycles. The molecule has 0 aromatic heterocycles. The van der Waals surface area contributed by atoms with Gasteiger partial charge in [0.15, 0.2) is 0 Å². The average molecular weight is 258 g/mol. The van der Waals surface area contributed by atoms with Crippen LogP contribution in [0.3, 0.4) is 0 Å². The number of piperidine rings is 1. The molecule has 3 unspecified atom stereocenters. The lowest BCUT2D eigenvalue weighted by molar-refractivity contribution is 0.118. The number of nitrogens with zero attached hydrogens (tertiary/aromatic N) is 1. The minimum absolute atomic E-state index is 0.366. The Morgan fingerprint density at radius 3 is 2.42 bits per heavy atom. The molecular weight excluding hydrogens is 232 g/mol. The normalized spacial score (nSPS) is 26.7. The molecule has 1 aliphatic heterocycles. The second-order valence-corrected chi connectivity index (χ2v) is 5.97. The van der Waals surface area contributed by atoms with Crippen LogP contribution >= 0.6 is 0 Å². The first-order valence-electron chi connectivity index (χ1n) is 7.36. The summed E-state index contributed by atoms with van der Waals surface area (Å²) in [6.45, 7) is 7.73. The van der Waals surface area contributed by atoms with Crippen molar-refractivity contribution in [2.75, 3.05) is 19.6 Å². The summed E-state index contributed by atoms with van der Waals surface area (Å²) in [5.41, 5.74) is 7.21. The maximum Gasteiger partial charge on any atom is 0.0404 e. The van der Waals surface area contributed by atoms with Gasteiger partial charge in [-0.05, 0) is 23.8 Å². The van der Waals surface area contributed by atoms with Gasteiger partial charge in [0.2, 0.25) is 0 Å². The van der Waals surface area contributed by atoms with Gasteiger partial charge >= 0.3 is 0 Å². The molecule has 0 aliphatic carbocycles. The van der Waals surface area contributed by atoms with E-state index in [0.717, 1.165) is 11.8 Å². The molecule has 0 amide bonds. The zero-order valence-electron chi connectivity index (χ0n) is 12.1. The number of benzene rings is 1. The highest BCUT2D eigenvalue weighted by Gasteiger charge is 2.25. The molecule has 0 saturated carbocycles. The third-order valence-electron chi connectivity index (χ3n) is 3.92. The molecule has 1 aliphatic rings. The second kappa shape index (κ2) is 6.88. The molecule has 2 rings (SSSR count). The molecular formula is C17H26N2. The van der Waals surface area contributed by atoms with Gasteiger partial charge in [0.05, 0.1) is 0 Å². The summed E-state index contributed by atoms with van der Waals surface area (Å²) in [6.07, 6.45) is 5.80. The highest BCUT2D eigenvalue weighted by Crippen LogP contribution is 2.23. The van der Waals surface area contributed by atoms with Crippen LogP contribution in [-0.4, -0.2) is 30.6 Å². The topological polar surface area (TPSA) is 29.3 Å². The van der Waals surface area contributed by atoms with Crippen LogP contribution in [-0.2, 0) is 0 Å². The van der Waals surface area contributed by atoms with Gasteiger partial charge in [0.1, 0.15) is 0 Å². The summed E-state index contributed by atoms with van der Waals surface area (Å²) >= 11 is 0. The summed E-state index contributed by atoms with van der Waals surface area (Å²) in [5, 5.41) is 0. The van der Waals surface area contributed by atoms with Crippen LogP contribution in [0.15, 0.2) is 36.4 Å². The zero-order valence-corrected chi connectivity index (χ0v) is 12.1. The van der Waals surface area contributed by atoms with E-state index in [1.165, 1.54) is 25.1 Å². The Balaban J connectivity index is 2.01. The van der Waals surface area contributed by atoms with Gasteiger partial charge in [-0.3, -0.25) is 4.90 Å². The maximum absolute atomic E-state index is 5.97. The molecule has 1 fully saturated rings. The standard InChI is InChI=1S/C17H26N2/c1-14-10-15(2)13-19(12-14)17(11-18)9-8-16-6-4-3-5-7-16/h3-9,14-15,17H,10-13,18H2,1-2H3/b9-8-. The summed E-state index contributed by atoms with van der Waals surface area (Å²) in [6, 6.07) is 10.8. The van der Waals surface area contributed by atoms with E-state index >= 15 is 0 Å². The summed E-state index contributed by atoms with van der Waals surface area (Å²) in [5.74, 6) is 1.56. The molecule has 2 nitrogen and oxygen atoms in total. The van der Waals surface area contributed by atoms with E-state index in [1.807, 2.05) is 6.07 Å². The summed E-state index contributed by atoms with van der Waals surface area (Å²) < 4.78 is 0. The van der Waals surface area contributed by atoms with Gasteiger partial charge in [-0.15, -0.1) is 0 Å². The quantitative estimate of drug-likeness (QED) is 0.899. The largest absolute Gasteiger partial charge is 0.329 e. The van der Waals surface area contributed by atoms with Crippen LogP contribution in [0, 0.1) is 11.8 Å². The lowest BCUT2D eigenvalue weighted by atomic mass is 9.90. The van der Waals surface area contributed by atoms with E-state index in [-0.39, 0.29) is 0 Å². The average Bonchev–Trinajstić information content (AvgIpc) is 2.39. The van der Waals surface area contributed by atoms with Crippen molar-refractivity contribution in [3.63, 3.8) is 0 Å². The molecule has 19 heavy (non-hydrogen) atoms. The molecule has 2 heteroatoms. The van der Waals surface area contributed by atoms with E-state index in [4.69, 9.17) is 5.73 Å². The van der Waals surface area contributed by atoms with E-state index in [9.17, 15) is 0 Å². The summed E-state index contributed by atoms with van der Waals surface area (Å²) in [7, 11) is 0. The first kappa shape index (κ1) is 14.3. The minimum Gasteiger partial charge on any atom is -0.329 e. The van der Waals surface area contributed by atoms with Gasteiger partial charge in [-0.2, -0.15) is 0 Å². The van der Waals surface area contributed by atoms with E-state index in [0.29, 0.717) is 12.6 Å². The Bertz CT molecular complexity index is 389. The van der Waals surface area contributed by atoms with Crippen molar-refractivity contribution in [1.82, 2.24) is 4.90 Å². The van der Waals surface area contributed by atoms with Crippen LogP contribution < -0.4 is 5.73 Å². The van der Waals surface area contributed by atoms with Crippen molar-refractivity contribution in [3.05, 3.63) is 42.0 Å². The number of nitrogens with two attached hydrogens (primary N) is 1. The monoisotopic (exact) mass is 258 g/mol. The Morgan fingerprint density at radius 1 is 1.21 bits per heavy atom. The molecule has 1 saturated heterocycles. The fraction of sp³-hybridized carbons (Fsp3) is 0.529. The van der Waals surface area contributed by atoms with Crippen LogP contribution in [0.4, 0.5) is 0 Å². The fourth-order valence-corrected chi connectivity index (χ4v) is 3.12. The first-order valence-corrected chi connectivity index (χ1v) is 7.36. The van der Waals surface area contributed by atoms with Gasteiger partial charge in [0.25, 0.3) is 0 Å². The van der Waals surface area contributed by atoms with Crippen molar-refractivity contribution in [2.45, 2.75) is 26.3 Å². The van der Waals surface area contributed by atoms with Crippen molar-refractivity contribution in [1.29, 1.82) is 0 Å². The Labute approximate surface area is 117 Å². The maximum atomic E-state index is 5.97. The van der Waals surface area contributed by atoms with Crippen LogP contribution in [0.1, 0.15) is 25.8 Å². The van der Waals surface area contributed by atoms with Crippen molar-refractivity contribution in [3.8, 4) is 0 Å². The fourth-order valence-electron chi connectivity index (χ4n) is 3.12. The second-order valence-electron chi connectivity index (χ2n) is 5.97. The molecule has 2 N–H and O–H groups in total. The summed E-state index contributed by atoms with van der Waals surface area (Å²) in [4.78, 5) is 2.54. The predicted molar refractivity (Wildman–Crippen MR) is 82.8 cm³/mol. The number of hydrogen-bond donors (Lipinski definition) is 1. The van der Waals surface area contributed by atoms with Crippen LogP contribution in [0.5, 0.6) is 0 Å². The lowest BCUT2D eigenvalue weighted by Gasteiger charge is -2.38. The minimum atomic E-state index is 0.366. The van der Waals surface area contributed by atoms with E-state index < -0.39 is 0 Å². The molecule has 1 aromatic rings. The van der Waals surface area contributed by atoms with Gasteiger partial charge in [-0.1, -0.05) is 56.3 Å². The molecule has 104 valence electrons. The van der Waals surface area contributed by atoms with Crippen molar-refractivity contribution in [2.24, 2.45) is 17.6 Å². The van der Waals surface area contributed by atoms with Gasteiger partial charge in [-0.25, -0.2) is 0 Å². The third-order valence-corrected chi connectivity index (χ3v) is 3.92. The third kappa shape index (κ3) is 4.19. The Morgan fingerprint density at radius 2 is 1.84 bits per heavy atom. The molecule has 0 radical (unpaired) electrons. The Kier molecular flexibility index (Phi) is 5.17. The number of rotatable bonds is 4. The highest BCUT2D eigenvalue weighted by atomic mass is 15.2. The Hall–Kier alpha value is -1.12. The SMILES string of the molecule is CC1CC(C)CN(C(/C=C\c2ccccc2)CN)C1. The van der Waals surface area contributed by atoms with Crippen LogP contribution in [0.25, 0.3) is 6.08 Å². The number of likely N-dealkylation sites (tertiary alicyclic amines) is 1. The molecule has 3 atom stereocenters. The molecule has 0 bridgehead atoms. The van der Waals surface area contributed by atoms with Gasteiger partial charge < -0.3 is 5.73 Å². The van der Waals surface area contributed by atoms with E-state index in [1.54, 1.807) is 0 Å².